The van der Waals surface area contributed by atoms with Crippen LogP contribution in [0, 0.1) is 38.5 Å². The van der Waals surface area contributed by atoms with Crippen LogP contribution in [-0.4, -0.2) is 35.4 Å². The van der Waals surface area contributed by atoms with Crippen LogP contribution < -0.4 is 9.47 Å². The average molecular weight is 501 g/mol. The summed E-state index contributed by atoms with van der Waals surface area (Å²) in [5.41, 5.74) is 3.20. The van der Waals surface area contributed by atoms with Crippen molar-refractivity contribution in [2.45, 2.75) is 81.1 Å². The van der Waals surface area contributed by atoms with E-state index in [1.165, 1.54) is 11.1 Å². The summed E-state index contributed by atoms with van der Waals surface area (Å²) in [6.07, 6.45) is 2.72. The van der Waals surface area contributed by atoms with Gasteiger partial charge >= 0.3 is 11.9 Å². The first-order valence-electron chi connectivity index (χ1n) is 12.5. The molecule has 0 fully saturated rings. The molecule has 2 N–H and O–H groups in total. The van der Waals surface area contributed by atoms with E-state index in [0.29, 0.717) is 26.1 Å². The summed E-state index contributed by atoms with van der Waals surface area (Å²) in [7, 11) is 0. The number of rotatable bonds is 12. The number of benzene rings is 2. The standard InChI is InChI=1S/2C15H22O3/c2*1-11-6-7-12(2)13(10-11)18-9-5-8-15(3,4)14(16)17/h2*6-7,10H,5,8-9H2,1-4H3,(H,16,17). The van der Waals surface area contributed by atoms with Crippen LogP contribution in [0.25, 0.3) is 0 Å². The first-order chi connectivity index (χ1) is 16.7. The van der Waals surface area contributed by atoms with Crippen molar-refractivity contribution in [3.63, 3.8) is 0 Å². The molecule has 2 aromatic rings. The summed E-state index contributed by atoms with van der Waals surface area (Å²) < 4.78 is 11.4. The molecule has 0 aliphatic carbocycles. The van der Waals surface area contributed by atoms with Crippen LogP contribution >= 0.6 is 0 Å². The van der Waals surface area contributed by atoms with Crippen molar-refractivity contribution in [3.8, 4) is 11.5 Å². The minimum atomic E-state index is -0.755. The first kappa shape index (κ1) is 31.0. The molecule has 0 aliphatic rings. The van der Waals surface area contributed by atoms with Gasteiger partial charge in [0.1, 0.15) is 11.5 Å². The molecule has 0 saturated carbocycles. The molecular formula is C30H44O6. The molecule has 6 nitrogen and oxygen atoms in total. The van der Waals surface area contributed by atoms with E-state index < -0.39 is 22.8 Å². The van der Waals surface area contributed by atoms with Crippen molar-refractivity contribution >= 4 is 11.9 Å². The first-order valence-corrected chi connectivity index (χ1v) is 12.5. The molecule has 0 spiro atoms. The molecule has 2 rings (SSSR count). The fourth-order valence-corrected chi connectivity index (χ4v) is 3.33. The minimum Gasteiger partial charge on any atom is -0.493 e. The second-order valence-corrected chi connectivity index (χ2v) is 10.8. The predicted octanol–water partition coefficient (Wildman–Crippen LogP) is 7.15. The normalized spacial score (nSPS) is 11.3. The summed E-state index contributed by atoms with van der Waals surface area (Å²) in [4.78, 5) is 21.9. The molecule has 200 valence electrons. The third-order valence-corrected chi connectivity index (χ3v) is 6.25. The topological polar surface area (TPSA) is 93.1 Å². The van der Waals surface area contributed by atoms with E-state index in [2.05, 4.69) is 12.1 Å². The molecule has 36 heavy (non-hydrogen) atoms. The highest BCUT2D eigenvalue weighted by atomic mass is 16.5. The molecule has 0 aromatic heterocycles. The van der Waals surface area contributed by atoms with E-state index in [9.17, 15) is 9.59 Å². The summed E-state index contributed by atoms with van der Waals surface area (Å²) in [5, 5.41) is 18.0. The van der Waals surface area contributed by atoms with Crippen molar-refractivity contribution < 1.29 is 29.3 Å². The Hall–Kier alpha value is -3.02. The third kappa shape index (κ3) is 10.7. The van der Waals surface area contributed by atoms with Crippen molar-refractivity contribution in [2.24, 2.45) is 10.8 Å². The Bertz CT molecular complexity index is 925. The summed E-state index contributed by atoms with van der Waals surface area (Å²) in [6.45, 7) is 16.2. The number of hydrogen-bond acceptors (Lipinski definition) is 4. The van der Waals surface area contributed by atoms with Gasteiger partial charge < -0.3 is 19.7 Å². The quantitative estimate of drug-likeness (QED) is 0.301. The SMILES string of the molecule is Cc1ccc(C)c(OCCCC(C)(C)C(=O)O)c1.Cc1ccc(C)c(OCCCC(C)(C)C(=O)O)c1. The van der Waals surface area contributed by atoms with Crippen molar-refractivity contribution in [1.29, 1.82) is 0 Å². The number of ether oxygens (including phenoxy) is 2. The molecule has 0 heterocycles. The van der Waals surface area contributed by atoms with Gasteiger partial charge in [0.2, 0.25) is 0 Å². The number of aliphatic carboxylic acids is 2. The number of aryl methyl sites for hydroxylation is 4. The van der Waals surface area contributed by atoms with Crippen LogP contribution in [-0.2, 0) is 9.59 Å². The second-order valence-electron chi connectivity index (χ2n) is 10.8. The maximum atomic E-state index is 10.9. The van der Waals surface area contributed by atoms with Crippen LogP contribution in [0.5, 0.6) is 11.5 Å². The zero-order chi connectivity index (χ0) is 27.5. The fraction of sp³-hybridized carbons (Fsp3) is 0.533. The third-order valence-electron chi connectivity index (χ3n) is 6.25. The van der Waals surface area contributed by atoms with Crippen molar-refractivity contribution in [1.82, 2.24) is 0 Å². The molecule has 0 radical (unpaired) electrons. The highest BCUT2D eigenvalue weighted by Crippen LogP contribution is 2.25. The van der Waals surface area contributed by atoms with Gasteiger partial charge in [0.25, 0.3) is 0 Å². The molecule has 6 heteroatoms. The maximum Gasteiger partial charge on any atom is 0.309 e. The van der Waals surface area contributed by atoms with Gasteiger partial charge in [-0.3, -0.25) is 9.59 Å². The van der Waals surface area contributed by atoms with Gasteiger partial charge in [-0.05, 0) is 115 Å². The lowest BCUT2D eigenvalue weighted by Crippen LogP contribution is -2.24. The van der Waals surface area contributed by atoms with E-state index >= 15 is 0 Å². The molecule has 0 amide bonds. The van der Waals surface area contributed by atoms with Gasteiger partial charge in [-0.2, -0.15) is 0 Å². The number of carboxylic acids is 2. The van der Waals surface area contributed by atoms with Crippen LogP contribution in [0.2, 0.25) is 0 Å². The maximum absolute atomic E-state index is 10.9. The van der Waals surface area contributed by atoms with Gasteiger partial charge in [-0.15, -0.1) is 0 Å². The van der Waals surface area contributed by atoms with Gasteiger partial charge in [0, 0.05) is 0 Å². The molecule has 0 saturated heterocycles. The number of hydrogen-bond donors (Lipinski definition) is 2. The van der Waals surface area contributed by atoms with Crippen LogP contribution in [0.15, 0.2) is 36.4 Å². The monoisotopic (exact) mass is 500 g/mol. The van der Waals surface area contributed by atoms with E-state index in [-0.39, 0.29) is 0 Å². The summed E-state index contributed by atoms with van der Waals surface area (Å²) in [5.74, 6) is 0.273. The van der Waals surface area contributed by atoms with Crippen molar-refractivity contribution in [3.05, 3.63) is 58.7 Å². The number of carbonyl (C=O) groups is 2. The zero-order valence-electron chi connectivity index (χ0n) is 23.2. The molecule has 2 aromatic carbocycles. The Morgan fingerprint density at radius 2 is 1.00 bits per heavy atom. The van der Waals surface area contributed by atoms with E-state index in [1.807, 2.05) is 52.0 Å². The lowest BCUT2D eigenvalue weighted by molar-refractivity contribution is -0.148. The van der Waals surface area contributed by atoms with E-state index in [4.69, 9.17) is 19.7 Å². The number of carboxylic acid groups (broad SMARTS) is 2. The highest BCUT2D eigenvalue weighted by Gasteiger charge is 2.27. The Balaban J connectivity index is 0.000000360. The minimum absolute atomic E-state index is 0.557. The molecule has 0 bridgehead atoms. The largest absolute Gasteiger partial charge is 0.493 e. The predicted molar refractivity (Wildman–Crippen MR) is 144 cm³/mol. The summed E-state index contributed by atoms with van der Waals surface area (Å²) >= 11 is 0. The Morgan fingerprint density at radius 3 is 1.31 bits per heavy atom. The zero-order valence-corrected chi connectivity index (χ0v) is 23.2. The Labute approximate surface area is 216 Å². The van der Waals surface area contributed by atoms with Crippen LogP contribution in [0.3, 0.4) is 0 Å². The smallest absolute Gasteiger partial charge is 0.309 e. The molecule has 0 atom stereocenters. The van der Waals surface area contributed by atoms with Crippen LogP contribution in [0.4, 0.5) is 0 Å². The Kier molecular flexibility index (Phi) is 12.0. The summed E-state index contributed by atoms with van der Waals surface area (Å²) in [6, 6.07) is 12.2. The molecule has 0 aliphatic heterocycles. The molecular weight excluding hydrogens is 456 g/mol. The lowest BCUT2D eigenvalue weighted by Gasteiger charge is -2.19. The average Bonchev–Trinajstić information content (AvgIpc) is 2.79. The fourth-order valence-electron chi connectivity index (χ4n) is 3.33. The van der Waals surface area contributed by atoms with Gasteiger partial charge in [-0.1, -0.05) is 24.3 Å². The molecule has 0 unspecified atom stereocenters. The van der Waals surface area contributed by atoms with Gasteiger partial charge in [-0.25, -0.2) is 0 Å². The Morgan fingerprint density at radius 1 is 0.667 bits per heavy atom. The van der Waals surface area contributed by atoms with Crippen LogP contribution in [0.1, 0.15) is 75.6 Å². The van der Waals surface area contributed by atoms with Crippen molar-refractivity contribution in [2.75, 3.05) is 13.2 Å². The van der Waals surface area contributed by atoms with E-state index in [1.54, 1.807) is 27.7 Å². The van der Waals surface area contributed by atoms with Gasteiger partial charge in [0.05, 0.1) is 24.0 Å². The highest BCUT2D eigenvalue weighted by molar-refractivity contribution is 5.73. The van der Waals surface area contributed by atoms with E-state index in [0.717, 1.165) is 35.5 Å². The lowest BCUT2D eigenvalue weighted by atomic mass is 9.88. The second kappa shape index (κ2) is 13.9. The van der Waals surface area contributed by atoms with Gasteiger partial charge in [0.15, 0.2) is 0 Å².